The minimum atomic E-state index is -0.904. The average Bonchev–Trinajstić information content (AvgIpc) is 2.90. The van der Waals surface area contributed by atoms with Crippen molar-refractivity contribution in [3.63, 3.8) is 0 Å². The summed E-state index contributed by atoms with van der Waals surface area (Å²) in [4.78, 5) is 39.6. The topological polar surface area (TPSA) is 97.5 Å². The van der Waals surface area contributed by atoms with Crippen molar-refractivity contribution in [2.24, 2.45) is 0 Å². The highest BCUT2D eigenvalue weighted by molar-refractivity contribution is 5.99. The maximum atomic E-state index is 12.4. The summed E-state index contributed by atoms with van der Waals surface area (Å²) in [6.45, 7) is 6.86. The van der Waals surface area contributed by atoms with Gasteiger partial charge in [0.1, 0.15) is 5.69 Å². The molecule has 1 saturated carbocycles. The van der Waals surface area contributed by atoms with Crippen LogP contribution in [0.5, 0.6) is 0 Å². The summed E-state index contributed by atoms with van der Waals surface area (Å²) in [7, 11) is 0. The summed E-state index contributed by atoms with van der Waals surface area (Å²) in [6, 6.07) is 0.155. The van der Waals surface area contributed by atoms with Gasteiger partial charge in [-0.3, -0.25) is 4.79 Å². The van der Waals surface area contributed by atoms with Crippen molar-refractivity contribution >= 4 is 17.8 Å². The summed E-state index contributed by atoms with van der Waals surface area (Å²) in [5, 5.41) is 2.94. The lowest BCUT2D eigenvalue weighted by atomic mass is 9.95. The summed E-state index contributed by atoms with van der Waals surface area (Å²) in [6.07, 6.45) is 4.44. The third kappa shape index (κ3) is 4.65. The van der Waals surface area contributed by atoms with Gasteiger partial charge in [0, 0.05) is 11.7 Å². The zero-order valence-electron chi connectivity index (χ0n) is 15.9. The van der Waals surface area contributed by atoms with Gasteiger partial charge in [0.2, 0.25) is 0 Å². The smallest absolute Gasteiger partial charge is 0.355 e. The minimum Gasteiger partial charge on any atom is -0.462 e. The molecule has 0 spiro atoms. The molecule has 144 valence electrons. The van der Waals surface area contributed by atoms with Gasteiger partial charge >= 0.3 is 11.9 Å². The third-order valence-corrected chi connectivity index (χ3v) is 4.73. The Bertz CT molecular complexity index is 674. The second-order valence-electron chi connectivity index (χ2n) is 6.74. The number of aromatic amines is 1. The normalized spacial score (nSPS) is 16.0. The van der Waals surface area contributed by atoms with E-state index < -0.39 is 18.0 Å². The number of ether oxygens (including phenoxy) is 2. The fraction of sp³-hybridized carbons (Fsp3) is 0.632. The Morgan fingerprint density at radius 3 is 2.42 bits per heavy atom. The number of amides is 1. The first-order chi connectivity index (χ1) is 12.3. The highest BCUT2D eigenvalue weighted by Crippen LogP contribution is 2.21. The zero-order valence-corrected chi connectivity index (χ0v) is 15.9. The molecule has 1 unspecified atom stereocenters. The van der Waals surface area contributed by atoms with Crippen molar-refractivity contribution in [2.45, 2.75) is 71.9 Å². The van der Waals surface area contributed by atoms with E-state index in [0.717, 1.165) is 25.7 Å². The van der Waals surface area contributed by atoms with Gasteiger partial charge in [-0.15, -0.1) is 0 Å². The molecular formula is C19H28N2O5. The largest absolute Gasteiger partial charge is 0.462 e. The van der Waals surface area contributed by atoms with E-state index in [1.54, 1.807) is 27.7 Å². The number of H-pyrrole nitrogens is 1. The number of esters is 2. The summed E-state index contributed by atoms with van der Waals surface area (Å²) < 4.78 is 10.3. The second-order valence-corrected chi connectivity index (χ2v) is 6.74. The van der Waals surface area contributed by atoms with Crippen LogP contribution in [-0.2, 0) is 14.3 Å². The van der Waals surface area contributed by atoms with Crippen LogP contribution in [-0.4, -0.2) is 41.6 Å². The number of carbonyl (C=O) groups is 3. The molecular weight excluding hydrogens is 336 g/mol. The molecule has 1 amide bonds. The Labute approximate surface area is 153 Å². The van der Waals surface area contributed by atoms with E-state index in [4.69, 9.17) is 9.47 Å². The van der Waals surface area contributed by atoms with E-state index in [0.29, 0.717) is 16.8 Å². The van der Waals surface area contributed by atoms with Crippen molar-refractivity contribution in [3.8, 4) is 0 Å². The fourth-order valence-electron chi connectivity index (χ4n) is 3.30. The second kappa shape index (κ2) is 8.87. The monoisotopic (exact) mass is 364 g/mol. The van der Waals surface area contributed by atoms with Gasteiger partial charge in [0.15, 0.2) is 6.10 Å². The van der Waals surface area contributed by atoms with Gasteiger partial charge in [0.25, 0.3) is 5.91 Å². The van der Waals surface area contributed by atoms with Gasteiger partial charge in [-0.25, -0.2) is 9.59 Å². The Hall–Kier alpha value is -2.31. The maximum absolute atomic E-state index is 12.4. The fourth-order valence-corrected chi connectivity index (χ4v) is 3.30. The van der Waals surface area contributed by atoms with Crippen LogP contribution in [0.2, 0.25) is 0 Å². The first-order valence-electron chi connectivity index (χ1n) is 9.22. The lowest BCUT2D eigenvalue weighted by molar-refractivity contribution is -0.130. The summed E-state index contributed by atoms with van der Waals surface area (Å²) >= 11 is 0. The molecule has 1 heterocycles. The van der Waals surface area contributed by atoms with Crippen LogP contribution in [0.3, 0.4) is 0 Å². The molecule has 1 aliphatic carbocycles. The predicted molar refractivity (Wildman–Crippen MR) is 96.1 cm³/mol. The van der Waals surface area contributed by atoms with Crippen molar-refractivity contribution in [1.82, 2.24) is 10.3 Å². The SMILES string of the molecule is CCOC(=O)c1c(C)[nH]c(C(=O)OC(C)C(=O)NC2CCCCC2)c1C. The number of rotatable bonds is 6. The number of aryl methyl sites for hydroxylation is 1. The van der Waals surface area contributed by atoms with Crippen molar-refractivity contribution in [1.29, 1.82) is 0 Å². The van der Waals surface area contributed by atoms with Crippen molar-refractivity contribution in [3.05, 3.63) is 22.5 Å². The van der Waals surface area contributed by atoms with Crippen molar-refractivity contribution in [2.75, 3.05) is 6.61 Å². The molecule has 0 aromatic carbocycles. The number of aromatic nitrogens is 1. The maximum Gasteiger partial charge on any atom is 0.355 e. The first kappa shape index (κ1) is 20.0. The van der Waals surface area contributed by atoms with Crippen molar-refractivity contribution < 1.29 is 23.9 Å². The van der Waals surface area contributed by atoms with Crippen LogP contribution >= 0.6 is 0 Å². The summed E-state index contributed by atoms with van der Waals surface area (Å²) in [5.41, 5.74) is 1.50. The van der Waals surface area contributed by atoms with E-state index in [2.05, 4.69) is 10.3 Å². The number of hydrogen-bond acceptors (Lipinski definition) is 5. The number of hydrogen-bond donors (Lipinski definition) is 2. The third-order valence-electron chi connectivity index (χ3n) is 4.73. The van der Waals surface area contributed by atoms with Gasteiger partial charge in [-0.2, -0.15) is 0 Å². The van der Waals surface area contributed by atoms with E-state index in [1.165, 1.54) is 6.42 Å². The summed E-state index contributed by atoms with van der Waals surface area (Å²) in [5.74, 6) is -1.44. The lowest BCUT2D eigenvalue weighted by Gasteiger charge is -2.24. The van der Waals surface area contributed by atoms with E-state index in [9.17, 15) is 14.4 Å². The van der Waals surface area contributed by atoms with Crippen LogP contribution in [0.25, 0.3) is 0 Å². The Balaban J connectivity index is 2.01. The predicted octanol–water partition coefficient (Wildman–Crippen LogP) is 2.80. The molecule has 1 aromatic rings. The molecule has 0 radical (unpaired) electrons. The van der Waals surface area contributed by atoms with Gasteiger partial charge < -0.3 is 19.8 Å². The Morgan fingerprint density at radius 1 is 1.15 bits per heavy atom. The molecule has 1 aliphatic rings. The Morgan fingerprint density at radius 2 is 1.81 bits per heavy atom. The molecule has 0 saturated heterocycles. The first-order valence-corrected chi connectivity index (χ1v) is 9.22. The molecule has 2 N–H and O–H groups in total. The van der Waals surface area contributed by atoms with Crippen LogP contribution in [0, 0.1) is 13.8 Å². The number of nitrogens with one attached hydrogen (secondary N) is 2. The average molecular weight is 364 g/mol. The highest BCUT2D eigenvalue weighted by atomic mass is 16.5. The standard InChI is InChI=1S/C19H28N2O5/c1-5-25-18(23)15-11(2)16(20-12(15)3)19(24)26-13(4)17(22)21-14-9-7-6-8-10-14/h13-14,20H,5-10H2,1-4H3,(H,21,22). The zero-order chi connectivity index (χ0) is 19.3. The highest BCUT2D eigenvalue weighted by Gasteiger charge is 2.27. The molecule has 2 rings (SSSR count). The van der Waals surface area contributed by atoms with Crippen LogP contribution in [0.15, 0.2) is 0 Å². The minimum absolute atomic E-state index is 0.155. The molecule has 1 aromatic heterocycles. The van der Waals surface area contributed by atoms with Crippen LogP contribution in [0.4, 0.5) is 0 Å². The van der Waals surface area contributed by atoms with Crippen LogP contribution < -0.4 is 5.32 Å². The quantitative estimate of drug-likeness (QED) is 0.757. The Kier molecular flexibility index (Phi) is 6.83. The molecule has 7 nitrogen and oxygen atoms in total. The molecule has 26 heavy (non-hydrogen) atoms. The molecule has 7 heteroatoms. The van der Waals surface area contributed by atoms with E-state index in [-0.39, 0.29) is 24.2 Å². The molecule has 0 aliphatic heterocycles. The van der Waals surface area contributed by atoms with E-state index >= 15 is 0 Å². The molecule has 1 fully saturated rings. The molecule has 0 bridgehead atoms. The molecule has 1 atom stereocenters. The lowest BCUT2D eigenvalue weighted by Crippen LogP contribution is -2.42. The number of carbonyl (C=O) groups excluding carboxylic acids is 3. The van der Waals surface area contributed by atoms with E-state index in [1.807, 2.05) is 0 Å². The van der Waals surface area contributed by atoms with Gasteiger partial charge in [-0.05, 0) is 46.1 Å². The van der Waals surface area contributed by atoms with Gasteiger partial charge in [-0.1, -0.05) is 19.3 Å². The van der Waals surface area contributed by atoms with Crippen LogP contribution in [0.1, 0.15) is 78.1 Å². The van der Waals surface area contributed by atoms with Gasteiger partial charge in [0.05, 0.1) is 12.2 Å².